The van der Waals surface area contributed by atoms with Crippen molar-refractivity contribution in [3.63, 3.8) is 0 Å². The summed E-state index contributed by atoms with van der Waals surface area (Å²) in [5.74, 6) is 0.740. The highest BCUT2D eigenvalue weighted by Gasteiger charge is 2.43. The number of halogens is 2. The molecule has 0 saturated heterocycles. The summed E-state index contributed by atoms with van der Waals surface area (Å²) in [5.41, 5.74) is 0. The average molecular weight is 318 g/mol. The van der Waals surface area contributed by atoms with Gasteiger partial charge in [-0.05, 0) is 25.1 Å². The molecule has 0 amide bonds. The number of ether oxygens (including phenoxy) is 2. The lowest BCUT2D eigenvalue weighted by Crippen LogP contribution is -2.61. The molecule has 3 unspecified atom stereocenters. The fraction of sp³-hybridized carbons (Fsp3) is 0.600. The zero-order valence-electron chi connectivity index (χ0n) is 11.9. The van der Waals surface area contributed by atoms with Crippen LogP contribution in [0.25, 0.3) is 0 Å². The first-order valence-electron chi connectivity index (χ1n) is 7.12. The molecule has 0 radical (unpaired) electrons. The number of hydrogen-bond donors (Lipinski definition) is 1. The summed E-state index contributed by atoms with van der Waals surface area (Å²) >= 11 is 11.9. The van der Waals surface area contributed by atoms with E-state index < -0.39 is 0 Å². The summed E-state index contributed by atoms with van der Waals surface area (Å²) in [6, 6.07) is 5.72. The van der Waals surface area contributed by atoms with Crippen molar-refractivity contribution >= 4 is 23.2 Å². The molecule has 5 heteroatoms. The van der Waals surface area contributed by atoms with Crippen LogP contribution < -0.4 is 10.1 Å². The second-order valence-corrected chi connectivity index (χ2v) is 5.78. The fourth-order valence-corrected chi connectivity index (χ4v) is 2.65. The Morgan fingerprint density at radius 2 is 2.05 bits per heavy atom. The maximum atomic E-state index is 6.00. The van der Waals surface area contributed by atoms with Gasteiger partial charge in [0.05, 0.1) is 10.0 Å². The van der Waals surface area contributed by atoms with Gasteiger partial charge in [0.25, 0.3) is 0 Å². The van der Waals surface area contributed by atoms with Gasteiger partial charge < -0.3 is 14.8 Å². The molecular weight excluding hydrogens is 297 g/mol. The van der Waals surface area contributed by atoms with Gasteiger partial charge in [0.15, 0.2) is 0 Å². The predicted molar refractivity (Wildman–Crippen MR) is 83.0 cm³/mol. The van der Waals surface area contributed by atoms with Crippen molar-refractivity contribution in [2.45, 2.75) is 44.9 Å². The Morgan fingerprint density at radius 3 is 2.70 bits per heavy atom. The van der Waals surface area contributed by atoms with Crippen molar-refractivity contribution in [1.82, 2.24) is 5.32 Å². The highest BCUT2D eigenvalue weighted by molar-refractivity contribution is 6.42. The molecule has 112 valence electrons. The van der Waals surface area contributed by atoms with E-state index in [1.807, 2.05) is 6.07 Å². The Bertz CT molecular complexity index is 442. The van der Waals surface area contributed by atoms with E-state index in [4.69, 9.17) is 32.7 Å². The van der Waals surface area contributed by atoms with Crippen molar-refractivity contribution in [1.29, 1.82) is 0 Å². The molecule has 1 fully saturated rings. The molecule has 0 aliphatic heterocycles. The standard InChI is InChI=1S/C15H21Cl2NO2/c1-3-7-19-15-13(18-4-2)9-14(15)20-10-5-6-11(16)12(17)8-10/h5-6,8,13-15,18H,3-4,7,9H2,1-2H3. The van der Waals surface area contributed by atoms with Gasteiger partial charge in [-0.2, -0.15) is 0 Å². The van der Waals surface area contributed by atoms with Crippen molar-refractivity contribution < 1.29 is 9.47 Å². The molecule has 0 heterocycles. The summed E-state index contributed by atoms with van der Waals surface area (Å²) in [6.45, 7) is 5.91. The summed E-state index contributed by atoms with van der Waals surface area (Å²) in [4.78, 5) is 0. The van der Waals surface area contributed by atoms with Crippen molar-refractivity contribution in [2.24, 2.45) is 0 Å². The lowest BCUT2D eigenvalue weighted by Gasteiger charge is -2.44. The van der Waals surface area contributed by atoms with Gasteiger partial charge in [-0.3, -0.25) is 0 Å². The zero-order chi connectivity index (χ0) is 14.5. The van der Waals surface area contributed by atoms with Gasteiger partial charge in [0.1, 0.15) is 18.0 Å². The Hall–Kier alpha value is -0.480. The van der Waals surface area contributed by atoms with E-state index >= 15 is 0 Å². The molecule has 3 nitrogen and oxygen atoms in total. The maximum Gasteiger partial charge on any atom is 0.128 e. The van der Waals surface area contributed by atoms with Crippen molar-refractivity contribution in [2.75, 3.05) is 13.2 Å². The summed E-state index contributed by atoms with van der Waals surface area (Å²) < 4.78 is 11.8. The minimum absolute atomic E-state index is 0.0721. The first-order chi connectivity index (χ1) is 9.65. The smallest absolute Gasteiger partial charge is 0.128 e. The molecular formula is C15H21Cl2NO2. The quantitative estimate of drug-likeness (QED) is 0.826. The number of nitrogens with one attached hydrogen (secondary N) is 1. The molecule has 1 aromatic carbocycles. The molecule has 0 bridgehead atoms. The van der Waals surface area contributed by atoms with Crippen LogP contribution in [0.15, 0.2) is 18.2 Å². The Morgan fingerprint density at radius 1 is 1.25 bits per heavy atom. The van der Waals surface area contributed by atoms with Crippen molar-refractivity contribution in [3.8, 4) is 5.75 Å². The number of hydrogen-bond acceptors (Lipinski definition) is 3. The summed E-state index contributed by atoms with van der Waals surface area (Å²) in [5, 5.41) is 4.48. The van der Waals surface area contributed by atoms with E-state index in [0.717, 1.165) is 31.7 Å². The molecule has 0 spiro atoms. The molecule has 3 atom stereocenters. The molecule has 0 aromatic heterocycles. The van der Waals surface area contributed by atoms with E-state index in [1.54, 1.807) is 12.1 Å². The van der Waals surface area contributed by atoms with Crippen LogP contribution in [0.3, 0.4) is 0 Å². The summed E-state index contributed by atoms with van der Waals surface area (Å²) in [7, 11) is 0. The van der Waals surface area contributed by atoms with Gasteiger partial charge in [0.2, 0.25) is 0 Å². The number of rotatable bonds is 7. The first kappa shape index (κ1) is 15.9. The Balaban J connectivity index is 1.95. The number of benzene rings is 1. The fourth-order valence-electron chi connectivity index (χ4n) is 2.36. The molecule has 1 saturated carbocycles. The Labute approximate surface area is 130 Å². The first-order valence-corrected chi connectivity index (χ1v) is 7.88. The minimum Gasteiger partial charge on any atom is -0.488 e. The van der Waals surface area contributed by atoms with Gasteiger partial charge in [-0.15, -0.1) is 0 Å². The monoisotopic (exact) mass is 317 g/mol. The van der Waals surface area contributed by atoms with Crippen molar-refractivity contribution in [3.05, 3.63) is 28.2 Å². The van der Waals surface area contributed by atoms with Crippen LogP contribution in [0, 0.1) is 0 Å². The Kier molecular flexibility index (Phi) is 5.97. The highest BCUT2D eigenvalue weighted by Crippen LogP contribution is 2.32. The van der Waals surface area contributed by atoms with E-state index in [9.17, 15) is 0 Å². The molecule has 2 rings (SSSR count). The second kappa shape index (κ2) is 7.51. The van der Waals surface area contributed by atoms with E-state index in [-0.39, 0.29) is 12.2 Å². The van der Waals surface area contributed by atoms with Gasteiger partial charge in [-0.1, -0.05) is 37.0 Å². The topological polar surface area (TPSA) is 30.5 Å². The van der Waals surface area contributed by atoms with E-state index in [1.165, 1.54) is 0 Å². The normalized spacial score (nSPS) is 25.3. The van der Waals surface area contributed by atoms with E-state index in [2.05, 4.69) is 19.2 Å². The van der Waals surface area contributed by atoms with Crippen LogP contribution in [-0.4, -0.2) is 31.4 Å². The third kappa shape index (κ3) is 3.79. The van der Waals surface area contributed by atoms with Crippen LogP contribution in [0.5, 0.6) is 5.75 Å². The van der Waals surface area contributed by atoms with Crippen LogP contribution in [0.4, 0.5) is 0 Å². The van der Waals surface area contributed by atoms with Gasteiger partial charge in [0, 0.05) is 25.1 Å². The maximum absolute atomic E-state index is 6.00. The van der Waals surface area contributed by atoms with Gasteiger partial charge >= 0.3 is 0 Å². The lowest BCUT2D eigenvalue weighted by atomic mass is 9.85. The molecule has 1 aromatic rings. The lowest BCUT2D eigenvalue weighted by molar-refractivity contribution is -0.107. The number of likely N-dealkylation sites (N-methyl/N-ethyl adjacent to an activating group) is 1. The van der Waals surface area contributed by atoms with Crippen LogP contribution in [0.1, 0.15) is 26.7 Å². The highest BCUT2D eigenvalue weighted by atomic mass is 35.5. The van der Waals surface area contributed by atoms with E-state index in [0.29, 0.717) is 16.1 Å². The third-order valence-electron chi connectivity index (χ3n) is 3.41. The van der Waals surface area contributed by atoms with Gasteiger partial charge in [-0.25, -0.2) is 0 Å². The largest absolute Gasteiger partial charge is 0.488 e. The van der Waals surface area contributed by atoms with Crippen LogP contribution in [0.2, 0.25) is 10.0 Å². The minimum atomic E-state index is 0.0721. The van der Waals surface area contributed by atoms with Crippen LogP contribution >= 0.6 is 23.2 Å². The molecule has 20 heavy (non-hydrogen) atoms. The predicted octanol–water partition coefficient (Wildman–Crippen LogP) is 3.92. The van der Waals surface area contributed by atoms with Crippen LogP contribution in [-0.2, 0) is 4.74 Å². The molecule has 1 aliphatic rings. The summed E-state index contributed by atoms with van der Waals surface area (Å²) in [6.07, 6.45) is 2.13. The molecule has 1 aliphatic carbocycles. The average Bonchev–Trinajstić information content (AvgIpc) is 2.42. The molecule has 1 N–H and O–H groups in total. The SMILES string of the molecule is CCCOC1C(NCC)CC1Oc1ccc(Cl)c(Cl)c1. The third-order valence-corrected chi connectivity index (χ3v) is 4.15. The second-order valence-electron chi connectivity index (χ2n) is 4.97. The zero-order valence-corrected chi connectivity index (χ0v) is 13.4.